The molecule has 0 spiro atoms. The smallest absolute Gasteiger partial charge is 0.423 e. The Morgan fingerprint density at radius 3 is 2.04 bits per heavy atom. The summed E-state index contributed by atoms with van der Waals surface area (Å²) in [5.41, 5.74) is -3.40. The molecule has 2 rings (SSSR count). The molecule has 3 nitrogen and oxygen atoms in total. The highest BCUT2D eigenvalue weighted by atomic mass is 19.4. The molecule has 1 aromatic heterocycles. The third-order valence-corrected chi connectivity index (χ3v) is 3.09. The summed E-state index contributed by atoms with van der Waals surface area (Å²) >= 11 is 0. The van der Waals surface area contributed by atoms with Crippen molar-refractivity contribution in [3.8, 4) is 0 Å². The Hall–Kier alpha value is -2.07. The van der Waals surface area contributed by atoms with Crippen LogP contribution < -0.4 is 5.46 Å². The van der Waals surface area contributed by atoms with Crippen LogP contribution in [0.25, 0.3) is 0 Å². The minimum atomic E-state index is -5.16. The highest BCUT2D eigenvalue weighted by Crippen LogP contribution is 2.40. The fourth-order valence-corrected chi connectivity index (χ4v) is 1.96. The molecule has 0 fully saturated rings. The highest BCUT2D eigenvalue weighted by molar-refractivity contribution is 6.59. The van der Waals surface area contributed by atoms with E-state index in [2.05, 4.69) is 4.98 Å². The lowest BCUT2D eigenvalue weighted by molar-refractivity contribution is -0.162. The van der Waals surface area contributed by atoms with Crippen LogP contribution in [0.5, 0.6) is 0 Å². The Labute approximate surface area is 133 Å². The van der Waals surface area contributed by atoms with Crippen molar-refractivity contribution in [3.05, 3.63) is 59.4 Å². The molecular formula is C14H10BF6NO2. The maximum Gasteiger partial charge on any atom is 0.491 e. The molecule has 2 aromatic rings. The number of hydrogen-bond acceptors (Lipinski definition) is 3. The quantitative estimate of drug-likeness (QED) is 0.682. The molecule has 0 radical (unpaired) electrons. The predicted octanol–water partition coefficient (Wildman–Crippen LogP) is 3.02. The Bertz CT molecular complexity index is 690. The van der Waals surface area contributed by atoms with E-state index in [4.69, 9.17) is 4.65 Å². The van der Waals surface area contributed by atoms with Crippen molar-refractivity contribution in [1.82, 2.24) is 4.98 Å². The molecule has 128 valence electrons. The van der Waals surface area contributed by atoms with E-state index in [0.29, 0.717) is 17.6 Å². The van der Waals surface area contributed by atoms with Gasteiger partial charge in [-0.15, -0.1) is 0 Å². The maximum atomic E-state index is 12.8. The second-order valence-electron chi connectivity index (χ2n) is 4.82. The van der Waals surface area contributed by atoms with Gasteiger partial charge in [0.2, 0.25) is 0 Å². The highest BCUT2D eigenvalue weighted by Gasteiger charge is 2.43. The summed E-state index contributed by atoms with van der Waals surface area (Å²) in [6.45, 7) is -0.495. The van der Waals surface area contributed by atoms with E-state index in [-0.39, 0.29) is 5.56 Å². The molecule has 1 aromatic carbocycles. The van der Waals surface area contributed by atoms with Gasteiger partial charge >= 0.3 is 19.5 Å². The first-order chi connectivity index (χ1) is 11.1. The van der Waals surface area contributed by atoms with Crippen LogP contribution in [-0.4, -0.2) is 17.1 Å². The van der Waals surface area contributed by atoms with E-state index in [0.717, 1.165) is 6.07 Å². The van der Waals surface area contributed by atoms with Gasteiger partial charge in [0, 0.05) is 12.4 Å². The number of benzene rings is 1. The van der Waals surface area contributed by atoms with Gasteiger partial charge in [-0.2, -0.15) is 26.3 Å². The summed E-state index contributed by atoms with van der Waals surface area (Å²) in [5, 5.41) is 9.74. The van der Waals surface area contributed by atoms with Gasteiger partial charge in [-0.05, 0) is 35.3 Å². The number of nitrogens with zero attached hydrogens (tertiary/aromatic N) is 1. The molecule has 0 aliphatic heterocycles. The van der Waals surface area contributed by atoms with Gasteiger partial charge in [-0.3, -0.25) is 4.98 Å². The normalized spacial score (nSPS) is 12.3. The Balaban J connectivity index is 2.20. The minimum Gasteiger partial charge on any atom is -0.423 e. The Morgan fingerprint density at radius 2 is 1.50 bits per heavy atom. The Kier molecular flexibility index (Phi) is 5.19. The monoisotopic (exact) mass is 349 g/mol. The molecule has 24 heavy (non-hydrogen) atoms. The lowest BCUT2D eigenvalue weighted by Gasteiger charge is -2.17. The summed E-state index contributed by atoms with van der Waals surface area (Å²) in [6.07, 6.45) is -7.53. The molecule has 0 aliphatic carbocycles. The Morgan fingerprint density at radius 1 is 0.917 bits per heavy atom. The van der Waals surface area contributed by atoms with Crippen LogP contribution in [0.4, 0.5) is 26.3 Å². The molecule has 1 heterocycles. The van der Waals surface area contributed by atoms with Crippen LogP contribution in [0.15, 0.2) is 42.7 Å². The van der Waals surface area contributed by atoms with Gasteiger partial charge in [-0.1, -0.05) is 6.07 Å². The van der Waals surface area contributed by atoms with Gasteiger partial charge in [0.05, 0.1) is 17.7 Å². The van der Waals surface area contributed by atoms with Gasteiger partial charge < -0.3 is 9.68 Å². The standard InChI is InChI=1S/C14H10BF6NO2/c16-13(17,18)11-2-1-9(7-12(11)14(19,20)21)8-24-15(23)10-3-5-22-6-4-10/h1-7,23H,8H2. The third kappa shape index (κ3) is 4.48. The predicted molar refractivity (Wildman–Crippen MR) is 73.1 cm³/mol. The van der Waals surface area contributed by atoms with E-state index in [1.165, 1.54) is 24.5 Å². The van der Waals surface area contributed by atoms with Crippen molar-refractivity contribution in [3.63, 3.8) is 0 Å². The molecule has 0 amide bonds. The zero-order chi connectivity index (χ0) is 18.0. The van der Waals surface area contributed by atoms with Crippen LogP contribution in [0.2, 0.25) is 0 Å². The summed E-state index contributed by atoms with van der Waals surface area (Å²) in [7, 11) is -1.44. The molecule has 0 saturated carbocycles. The first kappa shape index (κ1) is 18.3. The van der Waals surface area contributed by atoms with Gasteiger partial charge in [-0.25, -0.2) is 0 Å². The minimum absolute atomic E-state index is 0.150. The van der Waals surface area contributed by atoms with Crippen molar-refractivity contribution in [1.29, 1.82) is 0 Å². The topological polar surface area (TPSA) is 42.4 Å². The van der Waals surface area contributed by atoms with Crippen molar-refractivity contribution in [2.45, 2.75) is 19.0 Å². The van der Waals surface area contributed by atoms with Crippen LogP contribution >= 0.6 is 0 Å². The molecule has 0 unspecified atom stereocenters. The number of aromatic nitrogens is 1. The van der Waals surface area contributed by atoms with E-state index < -0.39 is 37.2 Å². The van der Waals surface area contributed by atoms with Crippen molar-refractivity contribution in [2.24, 2.45) is 0 Å². The van der Waals surface area contributed by atoms with Crippen molar-refractivity contribution < 1.29 is 36.0 Å². The fourth-order valence-electron chi connectivity index (χ4n) is 1.96. The summed E-state index contributed by atoms with van der Waals surface area (Å²) < 4.78 is 81.5. The summed E-state index contributed by atoms with van der Waals surface area (Å²) in [4.78, 5) is 3.72. The van der Waals surface area contributed by atoms with E-state index in [1.807, 2.05) is 0 Å². The van der Waals surface area contributed by atoms with Crippen LogP contribution in [-0.2, 0) is 23.6 Å². The number of rotatable bonds is 4. The second kappa shape index (κ2) is 6.82. The van der Waals surface area contributed by atoms with E-state index >= 15 is 0 Å². The van der Waals surface area contributed by atoms with E-state index in [1.54, 1.807) is 0 Å². The van der Waals surface area contributed by atoms with Crippen LogP contribution in [0.3, 0.4) is 0 Å². The second-order valence-corrected chi connectivity index (χ2v) is 4.82. The van der Waals surface area contributed by atoms with Gasteiger partial charge in [0.1, 0.15) is 0 Å². The molecule has 10 heteroatoms. The fraction of sp³-hybridized carbons (Fsp3) is 0.214. The van der Waals surface area contributed by atoms with Crippen LogP contribution in [0, 0.1) is 0 Å². The number of halogens is 6. The molecule has 0 saturated heterocycles. The molecule has 0 bridgehead atoms. The SMILES string of the molecule is OB(OCc1ccc(C(F)(F)F)c(C(F)(F)F)c1)c1ccncc1. The number of hydrogen-bond donors (Lipinski definition) is 1. The largest absolute Gasteiger partial charge is 0.491 e. The third-order valence-electron chi connectivity index (χ3n) is 3.09. The van der Waals surface area contributed by atoms with Crippen molar-refractivity contribution in [2.75, 3.05) is 0 Å². The zero-order valence-corrected chi connectivity index (χ0v) is 11.9. The van der Waals surface area contributed by atoms with Gasteiger partial charge in [0.15, 0.2) is 0 Å². The first-order valence-electron chi connectivity index (χ1n) is 6.56. The average Bonchev–Trinajstić information content (AvgIpc) is 2.51. The van der Waals surface area contributed by atoms with E-state index in [9.17, 15) is 31.4 Å². The molecule has 0 aliphatic rings. The zero-order valence-electron chi connectivity index (χ0n) is 11.9. The molecule has 1 N–H and O–H groups in total. The summed E-state index contributed by atoms with van der Waals surface area (Å²) in [5.74, 6) is 0. The average molecular weight is 349 g/mol. The lowest BCUT2D eigenvalue weighted by atomic mass is 9.80. The lowest BCUT2D eigenvalue weighted by Crippen LogP contribution is -2.33. The van der Waals surface area contributed by atoms with Crippen LogP contribution in [0.1, 0.15) is 16.7 Å². The van der Waals surface area contributed by atoms with Crippen molar-refractivity contribution >= 4 is 12.6 Å². The molecule has 0 atom stereocenters. The number of pyridine rings is 1. The molecular weight excluding hydrogens is 339 g/mol. The maximum absolute atomic E-state index is 12.8. The van der Waals surface area contributed by atoms with Gasteiger partial charge in [0.25, 0.3) is 0 Å². The summed E-state index contributed by atoms with van der Waals surface area (Å²) in [6, 6.07) is 4.44. The first-order valence-corrected chi connectivity index (χ1v) is 6.56. The number of alkyl halides is 6.